The van der Waals surface area contributed by atoms with E-state index in [1.165, 1.54) is 38.4 Å². The van der Waals surface area contributed by atoms with Gasteiger partial charge in [-0.15, -0.1) is 0 Å². The standard InChI is InChI=1S/C47H88O6Si3/c1-32(21-20-22-39(48)49-13)35-25-26-36-34-24-23-33-31-38(52-55(16,17)44(5,6)7)41(50-40(51-54(14)15)28-29-43(2,3)4)42(53-56(18,19)45(8,9)10)47(33,12)37(34)27-30-46(35,36)11/h23-24,32,35-38,40-42,54H,20-22,25-31H2,1-19H3/t32?,35-,36+,37+,38-,40?,41-,42+,46-,47+/m1/s1. The number of allylic oxidation sites excluding steroid dienone is 3. The van der Waals surface area contributed by atoms with Gasteiger partial charge in [0.05, 0.1) is 19.3 Å². The van der Waals surface area contributed by atoms with Gasteiger partial charge < -0.3 is 22.8 Å². The minimum Gasteiger partial charge on any atom is -0.469 e. The second-order valence-corrected chi connectivity index (χ2v) is 35.5. The van der Waals surface area contributed by atoms with Crippen molar-refractivity contribution in [3.63, 3.8) is 0 Å². The Morgan fingerprint density at radius 1 is 0.875 bits per heavy atom. The van der Waals surface area contributed by atoms with Gasteiger partial charge in [-0.3, -0.25) is 4.79 Å². The Kier molecular flexibility index (Phi) is 15.0. The molecular formula is C47H88O6Si3. The molecule has 10 atom stereocenters. The first-order chi connectivity index (χ1) is 25.5. The van der Waals surface area contributed by atoms with Crippen molar-refractivity contribution < 1.29 is 27.5 Å². The van der Waals surface area contributed by atoms with E-state index < -0.39 is 25.7 Å². The van der Waals surface area contributed by atoms with Crippen molar-refractivity contribution in [1.29, 1.82) is 0 Å². The second kappa shape index (κ2) is 17.4. The highest BCUT2D eigenvalue weighted by Gasteiger charge is 2.63. The molecule has 3 saturated carbocycles. The third-order valence-electron chi connectivity index (χ3n) is 16.1. The average molecular weight is 833 g/mol. The molecule has 3 fully saturated rings. The van der Waals surface area contributed by atoms with E-state index in [4.69, 9.17) is 22.8 Å². The van der Waals surface area contributed by atoms with Gasteiger partial charge >= 0.3 is 5.97 Å². The Bertz CT molecular complexity index is 1420. The van der Waals surface area contributed by atoms with E-state index in [9.17, 15) is 4.79 Å². The molecule has 0 aromatic carbocycles. The van der Waals surface area contributed by atoms with Crippen LogP contribution in [-0.2, 0) is 27.5 Å². The van der Waals surface area contributed by atoms with Crippen LogP contribution < -0.4 is 0 Å². The normalized spacial score (nSPS) is 32.6. The molecule has 0 N–H and O–H groups in total. The molecule has 0 bridgehead atoms. The van der Waals surface area contributed by atoms with Gasteiger partial charge in [0.25, 0.3) is 0 Å². The van der Waals surface area contributed by atoms with Gasteiger partial charge in [-0.05, 0) is 142 Å². The van der Waals surface area contributed by atoms with Gasteiger partial charge in [-0.2, -0.15) is 0 Å². The van der Waals surface area contributed by atoms with Gasteiger partial charge in [-0.1, -0.05) is 106 Å². The number of methoxy groups -OCH3 is 1. The zero-order chi connectivity index (χ0) is 42.4. The molecule has 2 unspecified atom stereocenters. The number of hydrogen-bond donors (Lipinski definition) is 0. The SMILES string of the molecule is COC(=O)CCCC(C)[C@H]1CC[C@H]2C3=CC=C4C[C@@H](O[Si](C)(C)C(C)(C)C)[C@@H](OC(CCC(C)(C)C)O[SiH](C)C)[C@H](O[Si](C)(C)C(C)(C)C)[C@]4(C)[C@H]3CC[C@]12C. The number of carbonyl (C=O) groups excluding carboxylic acids is 1. The summed E-state index contributed by atoms with van der Waals surface area (Å²) in [5.41, 5.74) is 3.39. The lowest BCUT2D eigenvalue weighted by Gasteiger charge is -2.61. The topological polar surface area (TPSA) is 63.2 Å². The molecule has 4 rings (SSSR count). The molecule has 9 heteroatoms. The smallest absolute Gasteiger partial charge is 0.305 e. The van der Waals surface area contributed by atoms with E-state index in [0.717, 1.165) is 32.1 Å². The molecule has 0 amide bonds. The highest BCUT2D eigenvalue weighted by Crippen LogP contribution is 2.67. The minimum absolute atomic E-state index is 0.0408. The number of esters is 1. The summed E-state index contributed by atoms with van der Waals surface area (Å²) in [4.78, 5) is 11.9. The lowest BCUT2D eigenvalue weighted by atomic mass is 9.49. The molecule has 0 saturated heterocycles. The van der Waals surface area contributed by atoms with Crippen molar-refractivity contribution in [1.82, 2.24) is 0 Å². The third kappa shape index (κ3) is 10.3. The molecule has 0 spiro atoms. The van der Waals surface area contributed by atoms with Crippen molar-refractivity contribution in [2.24, 2.45) is 39.9 Å². The van der Waals surface area contributed by atoms with Crippen molar-refractivity contribution in [3.8, 4) is 0 Å². The van der Waals surface area contributed by atoms with Crippen molar-refractivity contribution >= 4 is 31.6 Å². The van der Waals surface area contributed by atoms with Crippen LogP contribution in [0.1, 0.15) is 147 Å². The highest BCUT2D eigenvalue weighted by molar-refractivity contribution is 6.74. The molecule has 4 aliphatic carbocycles. The van der Waals surface area contributed by atoms with Gasteiger partial charge in [0.15, 0.2) is 25.7 Å². The first-order valence-corrected chi connectivity index (χ1v) is 31.2. The minimum atomic E-state index is -2.30. The summed E-state index contributed by atoms with van der Waals surface area (Å²) in [6.45, 7) is 43.0. The van der Waals surface area contributed by atoms with Crippen LogP contribution in [0.5, 0.6) is 0 Å². The van der Waals surface area contributed by atoms with Gasteiger partial charge in [0.2, 0.25) is 0 Å². The molecule has 324 valence electrons. The number of carbonyl (C=O) groups is 1. The molecule has 6 nitrogen and oxygen atoms in total. The van der Waals surface area contributed by atoms with Crippen molar-refractivity contribution in [2.45, 2.75) is 221 Å². The van der Waals surface area contributed by atoms with Crippen LogP contribution in [0.2, 0.25) is 49.4 Å². The van der Waals surface area contributed by atoms with E-state index in [0.29, 0.717) is 30.1 Å². The van der Waals surface area contributed by atoms with Crippen LogP contribution in [0, 0.1) is 39.9 Å². The zero-order valence-electron chi connectivity index (χ0n) is 39.9. The second-order valence-electron chi connectivity index (χ2n) is 23.7. The lowest BCUT2D eigenvalue weighted by Crippen LogP contribution is -2.65. The Morgan fingerprint density at radius 2 is 1.48 bits per heavy atom. The summed E-state index contributed by atoms with van der Waals surface area (Å²) in [5, 5.41) is 0.109. The molecule has 0 aliphatic heterocycles. The predicted octanol–water partition coefficient (Wildman–Crippen LogP) is 13.0. The fourth-order valence-electron chi connectivity index (χ4n) is 10.6. The van der Waals surface area contributed by atoms with Crippen LogP contribution in [0.4, 0.5) is 0 Å². The number of ether oxygens (including phenoxy) is 2. The monoisotopic (exact) mass is 833 g/mol. The fourth-order valence-corrected chi connectivity index (χ4v) is 14.1. The Morgan fingerprint density at radius 3 is 2.04 bits per heavy atom. The number of hydrogen-bond acceptors (Lipinski definition) is 6. The maximum absolute atomic E-state index is 11.9. The molecular weight excluding hydrogens is 745 g/mol. The lowest BCUT2D eigenvalue weighted by molar-refractivity contribution is -0.214. The molecule has 0 heterocycles. The summed E-state index contributed by atoms with van der Waals surface area (Å²) in [5.74, 6) is 2.12. The molecule has 0 radical (unpaired) electrons. The summed E-state index contributed by atoms with van der Waals surface area (Å²) in [6.07, 6.45) is 14.5. The summed E-state index contributed by atoms with van der Waals surface area (Å²) >= 11 is 0. The number of rotatable bonds is 15. The maximum Gasteiger partial charge on any atom is 0.305 e. The van der Waals surface area contributed by atoms with E-state index in [-0.39, 0.29) is 56.9 Å². The van der Waals surface area contributed by atoms with E-state index in [1.54, 1.807) is 5.57 Å². The largest absolute Gasteiger partial charge is 0.469 e. The summed E-state index contributed by atoms with van der Waals surface area (Å²) < 4.78 is 34.9. The van der Waals surface area contributed by atoms with Gasteiger partial charge in [0.1, 0.15) is 12.4 Å². The van der Waals surface area contributed by atoms with Gasteiger partial charge in [-0.25, -0.2) is 0 Å². The van der Waals surface area contributed by atoms with E-state index in [2.05, 4.69) is 135 Å². The van der Waals surface area contributed by atoms with Crippen LogP contribution in [0.25, 0.3) is 0 Å². The molecule has 0 aromatic heterocycles. The number of fused-ring (bicyclic) bond motifs is 5. The molecule has 56 heavy (non-hydrogen) atoms. The molecule has 4 aliphatic rings. The first kappa shape index (κ1) is 48.1. The average Bonchev–Trinajstić information content (AvgIpc) is 3.41. The quantitative estimate of drug-likeness (QED) is 0.0930. The van der Waals surface area contributed by atoms with Crippen LogP contribution in [0.15, 0.2) is 23.3 Å². The van der Waals surface area contributed by atoms with Crippen LogP contribution in [0.3, 0.4) is 0 Å². The third-order valence-corrected chi connectivity index (χ3v) is 25.9. The van der Waals surface area contributed by atoms with Crippen LogP contribution in [-0.4, -0.2) is 63.4 Å². The van der Waals surface area contributed by atoms with E-state index >= 15 is 0 Å². The fraction of sp³-hybridized carbons (Fsp3) is 0.894. The highest BCUT2D eigenvalue weighted by atomic mass is 28.4. The Balaban J connectivity index is 1.83. The van der Waals surface area contributed by atoms with Crippen molar-refractivity contribution in [2.75, 3.05) is 7.11 Å². The summed E-state index contributed by atoms with van der Waals surface area (Å²) in [7, 11) is -4.41. The van der Waals surface area contributed by atoms with E-state index in [1.807, 2.05) is 0 Å². The predicted molar refractivity (Wildman–Crippen MR) is 242 cm³/mol. The molecule has 0 aromatic rings. The van der Waals surface area contributed by atoms with Crippen molar-refractivity contribution in [3.05, 3.63) is 23.3 Å². The van der Waals surface area contributed by atoms with Gasteiger partial charge in [0, 0.05) is 11.8 Å². The zero-order valence-corrected chi connectivity index (χ0v) is 43.0. The van der Waals surface area contributed by atoms with Crippen LogP contribution >= 0.6 is 0 Å². The maximum atomic E-state index is 11.9. The summed E-state index contributed by atoms with van der Waals surface area (Å²) in [6, 6.07) is 0. The first-order valence-electron chi connectivity index (χ1n) is 22.6. The Hall–Kier alpha value is -0.559. The Labute approximate surface area is 349 Å².